The van der Waals surface area contributed by atoms with Crippen molar-refractivity contribution < 1.29 is 1.37 Å². The molecule has 0 amide bonds. The van der Waals surface area contributed by atoms with Crippen LogP contribution in [0.1, 0.15) is 1.37 Å². The van der Waals surface area contributed by atoms with Crippen LogP contribution in [0.15, 0.2) is 158 Å². The molecule has 2 aromatic heterocycles. The summed E-state index contributed by atoms with van der Waals surface area (Å²) in [6, 6.07) is 51.8. The lowest BCUT2D eigenvalue weighted by atomic mass is 10.0. The highest BCUT2D eigenvalue weighted by atomic mass is 15.0. The minimum Gasteiger partial charge on any atom is -0.309 e. The van der Waals surface area contributed by atoms with E-state index >= 15 is 0 Å². The molecule has 0 aliphatic carbocycles. The number of hydrogen-bond acceptors (Lipinski definition) is 3. The lowest BCUT2D eigenvalue weighted by molar-refractivity contribution is 1.07. The lowest BCUT2D eigenvalue weighted by Crippen LogP contribution is -2.00. The van der Waals surface area contributed by atoms with E-state index in [-0.39, 0.29) is 0 Å². The van der Waals surface area contributed by atoms with Crippen molar-refractivity contribution in [3.8, 4) is 51.0 Å². The Labute approximate surface area is 251 Å². The van der Waals surface area contributed by atoms with Crippen LogP contribution in [-0.2, 0) is 0 Å². The Balaban J connectivity index is 1.15. The van der Waals surface area contributed by atoms with Gasteiger partial charge in [0.1, 0.15) is 0 Å². The van der Waals surface area contributed by atoms with Crippen molar-refractivity contribution in [3.63, 3.8) is 0 Å². The molecule has 2 heterocycles. The second-order valence-electron chi connectivity index (χ2n) is 10.5. The third-order valence-electron chi connectivity index (χ3n) is 7.82. The molecular formula is C39H26N4. The Hall–Kier alpha value is -5.87. The van der Waals surface area contributed by atoms with Crippen molar-refractivity contribution in [1.82, 2.24) is 19.5 Å². The first-order chi connectivity index (χ1) is 21.7. The number of fused-ring (bicyclic) bond motifs is 3. The van der Waals surface area contributed by atoms with Crippen molar-refractivity contribution in [1.29, 1.82) is 0 Å². The summed E-state index contributed by atoms with van der Waals surface area (Å²) in [4.78, 5) is 14.5. The summed E-state index contributed by atoms with van der Waals surface area (Å²) in [6.07, 6.45) is 0. The van der Waals surface area contributed by atoms with E-state index in [1.54, 1.807) is 0 Å². The van der Waals surface area contributed by atoms with E-state index in [0.717, 1.165) is 49.9 Å². The predicted molar refractivity (Wildman–Crippen MR) is 176 cm³/mol. The molecule has 0 atom stereocenters. The van der Waals surface area contributed by atoms with Gasteiger partial charge in [0.15, 0.2) is 17.5 Å². The Bertz CT molecular complexity index is 2200. The summed E-state index contributed by atoms with van der Waals surface area (Å²) in [6.45, 7) is 0. The van der Waals surface area contributed by atoms with Gasteiger partial charge in [0.25, 0.3) is 0 Å². The molecule has 0 N–H and O–H groups in total. The van der Waals surface area contributed by atoms with Crippen LogP contribution >= 0.6 is 0 Å². The predicted octanol–water partition coefficient (Wildman–Crippen LogP) is 9.64. The maximum absolute atomic E-state index is 8.22. The number of para-hydroxylation sites is 2. The zero-order valence-electron chi connectivity index (χ0n) is 24.2. The third-order valence-corrected chi connectivity index (χ3v) is 7.82. The van der Waals surface area contributed by atoms with Crippen molar-refractivity contribution in [2.24, 2.45) is 0 Å². The van der Waals surface area contributed by atoms with E-state index in [1.165, 1.54) is 5.39 Å². The first-order valence-corrected chi connectivity index (χ1v) is 14.3. The van der Waals surface area contributed by atoms with E-state index in [9.17, 15) is 0 Å². The van der Waals surface area contributed by atoms with Crippen LogP contribution in [0.3, 0.4) is 0 Å². The third kappa shape index (κ3) is 4.55. The normalized spacial score (nSPS) is 11.6. The van der Waals surface area contributed by atoms with E-state index < -0.39 is 0 Å². The van der Waals surface area contributed by atoms with Gasteiger partial charge in [-0.1, -0.05) is 133 Å². The fraction of sp³-hybridized carbons (Fsp3) is 0. The summed E-state index contributed by atoms with van der Waals surface area (Å²) >= 11 is 0. The molecule has 4 nitrogen and oxygen atoms in total. The largest absolute Gasteiger partial charge is 0.309 e. The van der Waals surface area contributed by atoms with Crippen molar-refractivity contribution in [2.45, 2.75) is 0 Å². The van der Waals surface area contributed by atoms with E-state index in [2.05, 4.69) is 77.4 Å². The van der Waals surface area contributed by atoms with Crippen LogP contribution in [0, 0.1) is 0 Å². The van der Waals surface area contributed by atoms with Gasteiger partial charge in [0, 0.05) is 33.2 Å². The fourth-order valence-electron chi connectivity index (χ4n) is 5.69. The highest BCUT2D eigenvalue weighted by Gasteiger charge is 2.13. The number of benzene rings is 6. The molecule has 0 aliphatic rings. The molecule has 0 radical (unpaired) electrons. The van der Waals surface area contributed by atoms with Gasteiger partial charge in [0.05, 0.1) is 12.4 Å². The van der Waals surface area contributed by atoms with Crippen LogP contribution in [0.25, 0.3) is 72.8 Å². The van der Waals surface area contributed by atoms with Gasteiger partial charge in [-0.3, -0.25) is 0 Å². The topological polar surface area (TPSA) is 43.6 Å². The van der Waals surface area contributed by atoms with Gasteiger partial charge in [-0.15, -0.1) is 0 Å². The molecule has 6 aromatic carbocycles. The SMILES string of the molecule is [2H]c1ccc2c3ccccc3n(-c3ccc(-c4ccc(-c5nc(-c6ccccc6)nc(-c6ccccc6)n5)cc4)cc3)c2c1. The van der Waals surface area contributed by atoms with Crippen molar-refractivity contribution in [2.75, 3.05) is 0 Å². The summed E-state index contributed by atoms with van der Waals surface area (Å²) in [7, 11) is 0. The second kappa shape index (κ2) is 10.5. The molecule has 8 aromatic rings. The number of hydrogen-bond donors (Lipinski definition) is 0. The zero-order chi connectivity index (χ0) is 29.5. The first-order valence-electron chi connectivity index (χ1n) is 14.8. The Morgan fingerprint density at radius 3 is 1.37 bits per heavy atom. The van der Waals surface area contributed by atoms with Crippen molar-refractivity contribution in [3.05, 3.63) is 158 Å². The number of nitrogens with zero attached hydrogens (tertiary/aromatic N) is 4. The lowest BCUT2D eigenvalue weighted by Gasteiger charge is -2.10. The Kier molecular flexibility index (Phi) is 5.82. The molecule has 0 fully saturated rings. The highest BCUT2D eigenvalue weighted by Crippen LogP contribution is 2.33. The van der Waals surface area contributed by atoms with Gasteiger partial charge in [-0.25, -0.2) is 15.0 Å². The summed E-state index contributed by atoms with van der Waals surface area (Å²) in [5.74, 6) is 1.94. The van der Waals surface area contributed by atoms with Gasteiger partial charge in [-0.2, -0.15) is 0 Å². The van der Waals surface area contributed by atoms with E-state index in [1.807, 2.05) is 78.9 Å². The molecule has 202 valence electrons. The van der Waals surface area contributed by atoms with Gasteiger partial charge >= 0.3 is 0 Å². The molecular weight excluding hydrogens is 524 g/mol. The standard InChI is InChI=1S/C39H26N4/c1-3-11-29(12-4-1)37-40-38(30-13-5-2-6-14-30)42-39(41-37)31-21-19-27(20-22-31)28-23-25-32(26-24-28)43-35-17-9-7-15-33(35)34-16-8-10-18-36(34)43/h1-26H/i9D. The molecule has 0 unspecified atom stereocenters. The second-order valence-corrected chi connectivity index (χ2v) is 10.5. The maximum Gasteiger partial charge on any atom is 0.164 e. The van der Waals surface area contributed by atoms with E-state index in [4.69, 9.17) is 16.3 Å². The van der Waals surface area contributed by atoms with Crippen LogP contribution in [0.2, 0.25) is 0 Å². The summed E-state index contributed by atoms with van der Waals surface area (Å²) < 4.78 is 10.5. The zero-order valence-corrected chi connectivity index (χ0v) is 23.2. The summed E-state index contributed by atoms with van der Waals surface area (Å²) in [5, 5.41) is 2.34. The maximum atomic E-state index is 8.22. The fourth-order valence-corrected chi connectivity index (χ4v) is 5.69. The molecule has 0 aliphatic heterocycles. The molecule has 0 saturated carbocycles. The Morgan fingerprint density at radius 1 is 0.372 bits per heavy atom. The first kappa shape index (κ1) is 23.8. The quantitative estimate of drug-likeness (QED) is 0.214. The van der Waals surface area contributed by atoms with Crippen molar-refractivity contribution >= 4 is 21.8 Å². The molecule has 0 spiro atoms. The molecule has 0 bridgehead atoms. The average molecular weight is 552 g/mol. The molecule has 43 heavy (non-hydrogen) atoms. The van der Waals surface area contributed by atoms with Gasteiger partial charge in [-0.05, 0) is 35.4 Å². The molecule has 0 saturated heterocycles. The van der Waals surface area contributed by atoms with E-state index in [0.29, 0.717) is 23.5 Å². The minimum atomic E-state index is 0.503. The van der Waals surface area contributed by atoms with Gasteiger partial charge < -0.3 is 4.57 Å². The highest BCUT2D eigenvalue weighted by molar-refractivity contribution is 6.09. The smallest absolute Gasteiger partial charge is 0.164 e. The minimum absolute atomic E-state index is 0.503. The van der Waals surface area contributed by atoms with Crippen LogP contribution in [0.4, 0.5) is 0 Å². The number of aromatic nitrogens is 4. The number of rotatable bonds is 5. The molecule has 8 rings (SSSR count). The monoisotopic (exact) mass is 551 g/mol. The van der Waals surface area contributed by atoms with Crippen LogP contribution in [0.5, 0.6) is 0 Å². The van der Waals surface area contributed by atoms with Crippen LogP contribution < -0.4 is 0 Å². The Morgan fingerprint density at radius 2 is 0.791 bits per heavy atom. The van der Waals surface area contributed by atoms with Gasteiger partial charge in [0.2, 0.25) is 0 Å². The average Bonchev–Trinajstić information content (AvgIpc) is 3.42. The van der Waals surface area contributed by atoms with Crippen LogP contribution in [-0.4, -0.2) is 19.5 Å². The molecule has 4 heteroatoms. The summed E-state index contributed by atoms with van der Waals surface area (Å²) in [5.41, 5.74) is 8.29.